The molecule has 0 bridgehead atoms. The molecular formula is C22H33IN4O3. The number of methoxy groups -OCH3 is 1. The molecule has 0 radical (unpaired) electrons. The highest BCUT2D eigenvalue weighted by Crippen LogP contribution is 2.24. The van der Waals surface area contributed by atoms with Gasteiger partial charge in [-0.05, 0) is 30.4 Å². The van der Waals surface area contributed by atoms with E-state index in [1.165, 1.54) is 7.11 Å². The smallest absolute Gasteiger partial charge is 0.310 e. The quantitative estimate of drug-likeness (QED) is 0.266. The van der Waals surface area contributed by atoms with Crippen LogP contribution in [0.1, 0.15) is 37.8 Å². The van der Waals surface area contributed by atoms with Gasteiger partial charge in [0.15, 0.2) is 5.96 Å². The molecule has 1 aromatic carbocycles. The van der Waals surface area contributed by atoms with E-state index in [2.05, 4.69) is 41.4 Å². The van der Waals surface area contributed by atoms with Crippen molar-refractivity contribution in [1.82, 2.24) is 15.1 Å². The van der Waals surface area contributed by atoms with Crippen molar-refractivity contribution in [1.29, 1.82) is 0 Å². The van der Waals surface area contributed by atoms with Crippen LogP contribution >= 0.6 is 24.0 Å². The van der Waals surface area contributed by atoms with Gasteiger partial charge in [0.25, 0.3) is 0 Å². The molecule has 0 aromatic heterocycles. The van der Waals surface area contributed by atoms with E-state index in [4.69, 9.17) is 9.73 Å². The van der Waals surface area contributed by atoms with Crippen molar-refractivity contribution in [3.8, 4) is 0 Å². The average molecular weight is 528 g/mol. The second kappa shape index (κ2) is 11.5. The Morgan fingerprint density at radius 2 is 1.93 bits per heavy atom. The zero-order chi connectivity index (χ0) is 20.8. The molecule has 166 valence electrons. The number of halogens is 1. The highest BCUT2D eigenvalue weighted by molar-refractivity contribution is 14.0. The normalized spacial score (nSPS) is 21.6. The van der Waals surface area contributed by atoms with Crippen LogP contribution in [0.3, 0.4) is 0 Å². The Hall–Kier alpha value is -1.84. The lowest BCUT2D eigenvalue weighted by Crippen LogP contribution is -2.40. The Balaban J connectivity index is 0.00000320. The van der Waals surface area contributed by atoms with Gasteiger partial charge in [0, 0.05) is 39.1 Å². The molecule has 1 aromatic rings. The van der Waals surface area contributed by atoms with E-state index >= 15 is 0 Å². The van der Waals surface area contributed by atoms with E-state index in [1.54, 1.807) is 0 Å². The fraction of sp³-hybridized carbons (Fsp3) is 0.591. The van der Waals surface area contributed by atoms with Crippen molar-refractivity contribution < 1.29 is 14.3 Å². The van der Waals surface area contributed by atoms with Gasteiger partial charge >= 0.3 is 5.97 Å². The predicted octanol–water partition coefficient (Wildman–Crippen LogP) is 2.63. The molecule has 1 amide bonds. The number of nitrogens with zero attached hydrogens (tertiary/aromatic N) is 3. The Bertz CT molecular complexity index is 753. The van der Waals surface area contributed by atoms with Crippen LogP contribution in [-0.4, -0.2) is 60.9 Å². The lowest BCUT2D eigenvalue weighted by molar-refractivity contribution is -0.146. The molecule has 1 N–H and O–H groups in total. The van der Waals surface area contributed by atoms with Gasteiger partial charge in [0.05, 0.1) is 19.6 Å². The van der Waals surface area contributed by atoms with Gasteiger partial charge in [0.2, 0.25) is 5.91 Å². The molecule has 2 saturated heterocycles. The maximum atomic E-state index is 12.0. The molecule has 2 fully saturated rings. The Labute approximate surface area is 196 Å². The highest BCUT2D eigenvalue weighted by atomic mass is 127. The number of carbonyl (C=O) groups is 2. The third-order valence-corrected chi connectivity index (χ3v) is 5.73. The van der Waals surface area contributed by atoms with Crippen LogP contribution < -0.4 is 5.32 Å². The summed E-state index contributed by atoms with van der Waals surface area (Å²) in [7, 11) is 1.44. The number of nitrogens with one attached hydrogen (secondary N) is 1. The number of carbonyl (C=O) groups excluding carboxylic acids is 2. The minimum atomic E-state index is -0.150. The van der Waals surface area contributed by atoms with Crippen molar-refractivity contribution >= 4 is 41.8 Å². The van der Waals surface area contributed by atoms with Gasteiger partial charge in [-0.1, -0.05) is 31.2 Å². The number of aliphatic imine (C=N–C) groups is 1. The second-order valence-electron chi connectivity index (χ2n) is 7.92. The monoisotopic (exact) mass is 528 g/mol. The molecule has 2 unspecified atom stereocenters. The third kappa shape index (κ3) is 6.09. The number of likely N-dealkylation sites (tertiary alicyclic amines) is 2. The van der Waals surface area contributed by atoms with Gasteiger partial charge in [-0.25, -0.2) is 4.99 Å². The van der Waals surface area contributed by atoms with Crippen LogP contribution in [0.25, 0.3) is 0 Å². The first-order valence-corrected chi connectivity index (χ1v) is 10.5. The summed E-state index contributed by atoms with van der Waals surface area (Å²) >= 11 is 0. The molecule has 2 aliphatic rings. The number of hydrogen-bond acceptors (Lipinski definition) is 4. The average Bonchev–Trinajstić information content (AvgIpc) is 3.31. The summed E-state index contributed by atoms with van der Waals surface area (Å²) in [4.78, 5) is 32.6. The first-order valence-electron chi connectivity index (χ1n) is 10.5. The fourth-order valence-electron chi connectivity index (χ4n) is 4.03. The largest absolute Gasteiger partial charge is 0.469 e. The van der Waals surface area contributed by atoms with Gasteiger partial charge in [0.1, 0.15) is 0 Å². The molecule has 0 aliphatic carbocycles. The number of guanidine groups is 1. The lowest BCUT2D eigenvalue weighted by atomic mass is 9.99. The van der Waals surface area contributed by atoms with E-state index in [-0.39, 0.29) is 47.7 Å². The summed E-state index contributed by atoms with van der Waals surface area (Å²) in [6.45, 7) is 8.42. The molecule has 8 heteroatoms. The zero-order valence-electron chi connectivity index (χ0n) is 18.1. The number of benzene rings is 1. The Morgan fingerprint density at radius 1 is 1.23 bits per heavy atom. The number of hydrogen-bond donors (Lipinski definition) is 1. The van der Waals surface area contributed by atoms with Crippen LogP contribution in [0.2, 0.25) is 0 Å². The Kier molecular flexibility index (Phi) is 9.38. The van der Waals surface area contributed by atoms with Crippen molar-refractivity contribution in [3.05, 3.63) is 35.4 Å². The van der Waals surface area contributed by atoms with E-state index in [0.29, 0.717) is 26.1 Å². The maximum absolute atomic E-state index is 12.0. The zero-order valence-corrected chi connectivity index (χ0v) is 20.4. The number of ether oxygens (including phenoxy) is 1. The van der Waals surface area contributed by atoms with E-state index in [0.717, 1.165) is 43.1 Å². The van der Waals surface area contributed by atoms with Crippen molar-refractivity contribution in [2.75, 3.05) is 33.3 Å². The minimum absolute atomic E-state index is 0. The number of esters is 1. The molecule has 7 nitrogen and oxygen atoms in total. The van der Waals surface area contributed by atoms with Gasteiger partial charge in [-0.15, -0.1) is 24.0 Å². The van der Waals surface area contributed by atoms with Crippen LogP contribution in [-0.2, 0) is 27.4 Å². The van der Waals surface area contributed by atoms with E-state index in [1.807, 2.05) is 11.8 Å². The molecule has 3 rings (SSSR count). The van der Waals surface area contributed by atoms with Gasteiger partial charge in [-0.3, -0.25) is 9.59 Å². The van der Waals surface area contributed by atoms with Crippen molar-refractivity contribution in [2.45, 2.75) is 39.8 Å². The summed E-state index contributed by atoms with van der Waals surface area (Å²) < 4.78 is 4.94. The van der Waals surface area contributed by atoms with Crippen LogP contribution in [0, 0.1) is 11.8 Å². The minimum Gasteiger partial charge on any atom is -0.469 e. The molecule has 2 aliphatic heterocycles. The van der Waals surface area contributed by atoms with Crippen LogP contribution in [0.15, 0.2) is 29.3 Å². The van der Waals surface area contributed by atoms with Crippen molar-refractivity contribution in [3.63, 3.8) is 0 Å². The summed E-state index contributed by atoms with van der Waals surface area (Å²) in [6, 6.07) is 8.31. The van der Waals surface area contributed by atoms with Crippen LogP contribution in [0.5, 0.6) is 0 Å². The number of amides is 1. The van der Waals surface area contributed by atoms with Crippen molar-refractivity contribution in [2.24, 2.45) is 16.8 Å². The summed E-state index contributed by atoms with van der Waals surface area (Å²) in [5.41, 5.74) is 2.27. The summed E-state index contributed by atoms with van der Waals surface area (Å²) in [6.07, 6.45) is 1.64. The molecule has 0 saturated carbocycles. The lowest BCUT2D eigenvalue weighted by Gasteiger charge is -2.21. The first-order chi connectivity index (χ1) is 14.0. The SMILES string of the molecule is CCNC(=NCc1ccc(CN2CCCC2=O)cc1)N1CC(C)C(C(=O)OC)C1.I. The highest BCUT2D eigenvalue weighted by Gasteiger charge is 2.36. The molecule has 0 spiro atoms. The summed E-state index contributed by atoms with van der Waals surface area (Å²) in [5, 5.41) is 3.34. The fourth-order valence-corrected chi connectivity index (χ4v) is 4.03. The molecule has 2 heterocycles. The maximum Gasteiger partial charge on any atom is 0.310 e. The Morgan fingerprint density at radius 3 is 2.53 bits per heavy atom. The molecule has 30 heavy (non-hydrogen) atoms. The van der Waals surface area contributed by atoms with Crippen LogP contribution in [0.4, 0.5) is 0 Å². The summed E-state index contributed by atoms with van der Waals surface area (Å²) in [5.74, 6) is 1.05. The predicted molar refractivity (Wildman–Crippen MR) is 128 cm³/mol. The standard InChI is InChI=1S/C22H32N4O3.HI/c1-4-23-22(26-13-16(2)19(15-26)21(28)29-3)24-12-17-7-9-18(10-8-17)14-25-11-5-6-20(25)27;/h7-10,16,19H,4-6,11-15H2,1-3H3,(H,23,24);1H. The topological polar surface area (TPSA) is 74.2 Å². The van der Waals surface area contributed by atoms with E-state index in [9.17, 15) is 9.59 Å². The number of rotatable bonds is 6. The first kappa shape index (κ1) is 24.4. The molecular weight excluding hydrogens is 495 g/mol. The van der Waals surface area contributed by atoms with Gasteiger partial charge in [-0.2, -0.15) is 0 Å². The second-order valence-corrected chi connectivity index (χ2v) is 7.92. The third-order valence-electron chi connectivity index (χ3n) is 5.73. The van der Waals surface area contributed by atoms with Gasteiger partial charge < -0.3 is 19.9 Å². The molecule has 2 atom stereocenters. The van der Waals surface area contributed by atoms with E-state index < -0.39 is 0 Å².